The fourth-order valence-electron chi connectivity index (χ4n) is 4.17. The van der Waals surface area contributed by atoms with E-state index in [1.165, 1.54) is 7.11 Å². The van der Waals surface area contributed by atoms with Gasteiger partial charge >= 0.3 is 17.9 Å². The molecule has 0 aliphatic heterocycles. The number of alkyl halides is 1. The van der Waals surface area contributed by atoms with E-state index in [2.05, 4.69) is 15.9 Å². The molecule has 3 unspecified atom stereocenters. The van der Waals surface area contributed by atoms with E-state index in [1.807, 2.05) is 44.2 Å². The van der Waals surface area contributed by atoms with E-state index in [0.29, 0.717) is 12.8 Å². The standard InChI is InChI=1S/C25H37BrO7/c1-7-32-20(28)23(2,3)15-19(18-11-9-8-10-12-18)16-24(4,21(29)31-6)17-25(5,26)22(30)33-14-13-27/h8-12,19,27H,7,13-17H2,1-6H3. The Hall–Kier alpha value is -1.93. The summed E-state index contributed by atoms with van der Waals surface area (Å²) >= 11 is 3.42. The summed E-state index contributed by atoms with van der Waals surface area (Å²) in [5.74, 6) is -1.53. The Morgan fingerprint density at radius 1 is 0.970 bits per heavy atom. The van der Waals surface area contributed by atoms with Gasteiger partial charge < -0.3 is 19.3 Å². The van der Waals surface area contributed by atoms with Crippen molar-refractivity contribution in [2.75, 3.05) is 26.9 Å². The van der Waals surface area contributed by atoms with E-state index < -0.39 is 27.1 Å². The molecule has 0 radical (unpaired) electrons. The van der Waals surface area contributed by atoms with Crippen LogP contribution in [0, 0.1) is 10.8 Å². The Balaban J connectivity index is 3.33. The summed E-state index contributed by atoms with van der Waals surface area (Å²) in [6.45, 7) is 8.69. The number of hydrogen-bond acceptors (Lipinski definition) is 7. The number of rotatable bonds is 13. The largest absolute Gasteiger partial charge is 0.469 e. The number of hydrogen-bond donors (Lipinski definition) is 1. The molecule has 1 rings (SSSR count). The van der Waals surface area contributed by atoms with Crippen LogP contribution in [0.1, 0.15) is 65.4 Å². The molecule has 3 atom stereocenters. The zero-order chi connectivity index (χ0) is 25.3. The fraction of sp³-hybridized carbons (Fsp3) is 0.640. The number of aliphatic hydroxyl groups is 1. The highest BCUT2D eigenvalue weighted by Crippen LogP contribution is 2.46. The van der Waals surface area contributed by atoms with E-state index in [1.54, 1.807) is 20.8 Å². The topological polar surface area (TPSA) is 99.1 Å². The summed E-state index contributed by atoms with van der Waals surface area (Å²) in [6.07, 6.45) is 0.873. The van der Waals surface area contributed by atoms with Crippen molar-refractivity contribution in [3.05, 3.63) is 35.9 Å². The van der Waals surface area contributed by atoms with Crippen molar-refractivity contribution in [2.24, 2.45) is 10.8 Å². The second-order valence-electron chi connectivity index (χ2n) is 9.41. The van der Waals surface area contributed by atoms with Gasteiger partial charge in [-0.15, -0.1) is 0 Å². The van der Waals surface area contributed by atoms with Crippen molar-refractivity contribution in [1.82, 2.24) is 0 Å². The van der Waals surface area contributed by atoms with Gasteiger partial charge in [-0.05, 0) is 65.4 Å². The molecule has 0 spiro atoms. The minimum atomic E-state index is -1.18. The average molecular weight is 529 g/mol. The second kappa shape index (κ2) is 12.5. The molecule has 0 heterocycles. The predicted molar refractivity (Wildman–Crippen MR) is 129 cm³/mol. The molecule has 0 bridgehead atoms. The van der Waals surface area contributed by atoms with E-state index in [4.69, 9.17) is 19.3 Å². The number of ether oxygens (including phenoxy) is 3. The Bertz CT molecular complexity index is 791. The maximum absolute atomic E-state index is 13.0. The third-order valence-electron chi connectivity index (χ3n) is 5.70. The van der Waals surface area contributed by atoms with Crippen molar-refractivity contribution >= 4 is 33.8 Å². The van der Waals surface area contributed by atoms with E-state index in [-0.39, 0.29) is 38.1 Å². The summed E-state index contributed by atoms with van der Waals surface area (Å²) < 4.78 is 14.3. The van der Waals surface area contributed by atoms with E-state index in [9.17, 15) is 14.4 Å². The van der Waals surface area contributed by atoms with Crippen LogP contribution in [-0.2, 0) is 28.6 Å². The van der Waals surface area contributed by atoms with Gasteiger partial charge in [0, 0.05) is 0 Å². The predicted octanol–water partition coefficient (Wildman–Crippen LogP) is 4.40. The quantitative estimate of drug-likeness (QED) is 0.230. The Morgan fingerprint density at radius 2 is 1.58 bits per heavy atom. The molecule has 0 aromatic heterocycles. The fourth-order valence-corrected chi connectivity index (χ4v) is 4.90. The normalized spacial score (nSPS) is 16.1. The van der Waals surface area contributed by atoms with Crippen LogP contribution in [0.15, 0.2) is 30.3 Å². The van der Waals surface area contributed by atoms with Gasteiger partial charge in [-0.2, -0.15) is 0 Å². The molecular weight excluding hydrogens is 492 g/mol. The molecule has 0 amide bonds. The van der Waals surface area contributed by atoms with Gasteiger partial charge in [0.05, 0.1) is 31.2 Å². The number of carbonyl (C=O) groups is 3. The Kier molecular flexibility index (Phi) is 11.0. The molecule has 1 aromatic rings. The summed E-state index contributed by atoms with van der Waals surface area (Å²) in [5, 5.41) is 8.97. The van der Waals surface area contributed by atoms with E-state index >= 15 is 0 Å². The van der Waals surface area contributed by atoms with Crippen LogP contribution < -0.4 is 0 Å². The molecule has 0 saturated heterocycles. The lowest BCUT2D eigenvalue weighted by Crippen LogP contribution is -2.42. The molecule has 33 heavy (non-hydrogen) atoms. The van der Waals surface area contributed by atoms with Gasteiger partial charge in [-0.25, -0.2) is 0 Å². The maximum atomic E-state index is 13.0. The van der Waals surface area contributed by atoms with Crippen molar-refractivity contribution < 1.29 is 33.7 Å². The zero-order valence-corrected chi connectivity index (χ0v) is 22.1. The van der Waals surface area contributed by atoms with Crippen molar-refractivity contribution in [2.45, 2.75) is 64.1 Å². The van der Waals surface area contributed by atoms with Gasteiger partial charge in [-0.1, -0.05) is 46.3 Å². The first-order valence-electron chi connectivity index (χ1n) is 11.1. The number of esters is 3. The van der Waals surface area contributed by atoms with Gasteiger partial charge in [-0.3, -0.25) is 14.4 Å². The first-order chi connectivity index (χ1) is 15.3. The average Bonchev–Trinajstić information content (AvgIpc) is 2.76. The number of methoxy groups -OCH3 is 1. The lowest BCUT2D eigenvalue weighted by molar-refractivity contribution is -0.156. The van der Waals surface area contributed by atoms with Crippen molar-refractivity contribution in [3.8, 4) is 0 Å². The second-order valence-corrected chi connectivity index (χ2v) is 11.2. The smallest absolute Gasteiger partial charge is 0.322 e. The third kappa shape index (κ3) is 8.41. The highest BCUT2D eigenvalue weighted by Gasteiger charge is 2.47. The van der Waals surface area contributed by atoms with Crippen LogP contribution in [0.3, 0.4) is 0 Å². The molecular formula is C25H37BrO7. The van der Waals surface area contributed by atoms with Gasteiger partial charge in [0.25, 0.3) is 0 Å². The number of halogens is 1. The summed E-state index contributed by atoms with van der Waals surface area (Å²) in [5.41, 5.74) is -0.883. The highest BCUT2D eigenvalue weighted by atomic mass is 79.9. The molecule has 0 saturated carbocycles. The number of aliphatic hydroxyl groups excluding tert-OH is 1. The minimum Gasteiger partial charge on any atom is -0.469 e. The SMILES string of the molecule is CCOC(=O)C(C)(C)CC(CC(C)(CC(C)(Br)C(=O)OCCO)C(=O)OC)c1ccccc1. The maximum Gasteiger partial charge on any atom is 0.322 e. The first-order valence-corrected chi connectivity index (χ1v) is 11.9. The molecule has 0 fully saturated rings. The molecule has 8 heteroatoms. The molecule has 1 N–H and O–H groups in total. The number of benzene rings is 1. The Labute approximate surface area is 205 Å². The van der Waals surface area contributed by atoms with Crippen molar-refractivity contribution in [1.29, 1.82) is 0 Å². The van der Waals surface area contributed by atoms with Crippen LogP contribution >= 0.6 is 15.9 Å². The summed E-state index contributed by atoms with van der Waals surface area (Å²) in [7, 11) is 1.32. The molecule has 0 aliphatic rings. The third-order valence-corrected chi connectivity index (χ3v) is 6.31. The van der Waals surface area contributed by atoms with Gasteiger partial charge in [0.1, 0.15) is 10.9 Å². The zero-order valence-electron chi connectivity index (χ0n) is 20.5. The van der Waals surface area contributed by atoms with Crippen LogP contribution in [0.2, 0.25) is 0 Å². The number of carbonyl (C=O) groups excluding carboxylic acids is 3. The lowest BCUT2D eigenvalue weighted by atomic mass is 9.69. The first kappa shape index (κ1) is 29.1. The lowest BCUT2D eigenvalue weighted by Gasteiger charge is -2.37. The van der Waals surface area contributed by atoms with Crippen molar-refractivity contribution in [3.63, 3.8) is 0 Å². The summed E-state index contributed by atoms with van der Waals surface area (Å²) in [6, 6.07) is 9.66. The summed E-state index contributed by atoms with van der Waals surface area (Å²) in [4.78, 5) is 38.2. The van der Waals surface area contributed by atoms with Gasteiger partial charge in [0.2, 0.25) is 0 Å². The van der Waals surface area contributed by atoms with Gasteiger partial charge in [0.15, 0.2) is 0 Å². The molecule has 0 aliphatic carbocycles. The molecule has 186 valence electrons. The molecule has 1 aromatic carbocycles. The van der Waals surface area contributed by atoms with Crippen LogP contribution in [0.4, 0.5) is 0 Å². The monoisotopic (exact) mass is 528 g/mol. The Morgan fingerprint density at radius 3 is 2.09 bits per heavy atom. The van der Waals surface area contributed by atoms with Crippen LogP contribution in [-0.4, -0.2) is 54.3 Å². The van der Waals surface area contributed by atoms with E-state index in [0.717, 1.165) is 5.56 Å². The van der Waals surface area contributed by atoms with Crippen LogP contribution in [0.25, 0.3) is 0 Å². The molecule has 7 nitrogen and oxygen atoms in total. The minimum absolute atomic E-state index is 0.0973. The van der Waals surface area contributed by atoms with Crippen LogP contribution in [0.5, 0.6) is 0 Å². The highest BCUT2D eigenvalue weighted by molar-refractivity contribution is 9.10.